The summed E-state index contributed by atoms with van der Waals surface area (Å²) in [6.07, 6.45) is 1.30. The number of aromatic nitrogens is 1. The highest BCUT2D eigenvalue weighted by atomic mass is 16.5. The Kier molecular flexibility index (Phi) is 5.62. The van der Waals surface area contributed by atoms with E-state index in [4.69, 9.17) is 9.84 Å². The molecule has 0 bridgehead atoms. The van der Waals surface area contributed by atoms with Crippen molar-refractivity contribution in [1.82, 2.24) is 4.98 Å². The number of carboxylic acids is 1. The molecular formula is C25H20N2O4. The summed E-state index contributed by atoms with van der Waals surface area (Å²) in [5, 5.41) is 12.7. The van der Waals surface area contributed by atoms with Gasteiger partial charge in [-0.2, -0.15) is 0 Å². The van der Waals surface area contributed by atoms with Crippen LogP contribution in [0.25, 0.3) is 22.0 Å². The Balaban J connectivity index is 1.60. The molecule has 6 heteroatoms. The van der Waals surface area contributed by atoms with Gasteiger partial charge in [0.05, 0.1) is 17.7 Å². The highest BCUT2D eigenvalue weighted by molar-refractivity contribution is 6.09. The predicted molar refractivity (Wildman–Crippen MR) is 120 cm³/mol. The number of ether oxygens (including phenoxy) is 1. The van der Waals surface area contributed by atoms with E-state index in [1.807, 2.05) is 49.4 Å². The third-order valence-corrected chi connectivity index (χ3v) is 4.84. The van der Waals surface area contributed by atoms with Crippen molar-refractivity contribution < 1.29 is 19.4 Å². The van der Waals surface area contributed by atoms with E-state index in [2.05, 4.69) is 10.3 Å². The fourth-order valence-corrected chi connectivity index (χ4v) is 3.34. The maximum absolute atomic E-state index is 13.0. The second-order valence-electron chi connectivity index (χ2n) is 6.89. The number of carboxylic acid groups (broad SMARTS) is 1. The van der Waals surface area contributed by atoms with Gasteiger partial charge in [-0.15, -0.1) is 0 Å². The standard InChI is InChI=1S/C25H20N2O4/c1-2-31-20-11-8-16(9-12-20)21-5-3-4-6-22(21)24(28)27-19-10-7-17-13-18(25(29)30)15-26-23(17)14-19/h3-15H,2H2,1H3,(H,27,28)(H,29,30). The van der Waals surface area contributed by atoms with Crippen LogP contribution in [0.2, 0.25) is 0 Å². The van der Waals surface area contributed by atoms with Crippen molar-refractivity contribution in [1.29, 1.82) is 0 Å². The van der Waals surface area contributed by atoms with Crippen molar-refractivity contribution in [3.05, 3.63) is 90.1 Å². The Labute approximate surface area is 179 Å². The van der Waals surface area contributed by atoms with Crippen molar-refractivity contribution in [3.63, 3.8) is 0 Å². The van der Waals surface area contributed by atoms with Crippen LogP contribution in [0, 0.1) is 0 Å². The lowest BCUT2D eigenvalue weighted by atomic mass is 9.99. The maximum atomic E-state index is 13.0. The molecule has 0 spiro atoms. The van der Waals surface area contributed by atoms with E-state index in [0.717, 1.165) is 16.9 Å². The zero-order chi connectivity index (χ0) is 21.8. The SMILES string of the molecule is CCOc1ccc(-c2ccccc2C(=O)Nc2ccc3cc(C(=O)O)cnc3c2)cc1. The summed E-state index contributed by atoms with van der Waals surface area (Å²) in [5.41, 5.74) is 3.57. The maximum Gasteiger partial charge on any atom is 0.337 e. The minimum Gasteiger partial charge on any atom is -0.494 e. The van der Waals surface area contributed by atoms with Gasteiger partial charge in [0.25, 0.3) is 5.91 Å². The number of amides is 1. The predicted octanol–water partition coefficient (Wildman–Crippen LogP) is 5.25. The number of nitrogens with one attached hydrogen (secondary N) is 1. The summed E-state index contributed by atoms with van der Waals surface area (Å²) >= 11 is 0. The smallest absolute Gasteiger partial charge is 0.337 e. The van der Waals surface area contributed by atoms with E-state index in [1.54, 1.807) is 30.3 Å². The van der Waals surface area contributed by atoms with Gasteiger partial charge >= 0.3 is 5.97 Å². The monoisotopic (exact) mass is 412 g/mol. The van der Waals surface area contributed by atoms with Crippen LogP contribution in [0.5, 0.6) is 5.75 Å². The van der Waals surface area contributed by atoms with Crippen LogP contribution in [0.4, 0.5) is 5.69 Å². The first kappa shape index (κ1) is 20.1. The normalized spacial score (nSPS) is 10.6. The number of anilines is 1. The van der Waals surface area contributed by atoms with Gasteiger partial charge in [0.2, 0.25) is 0 Å². The molecule has 31 heavy (non-hydrogen) atoms. The van der Waals surface area contributed by atoms with Gasteiger partial charge in [-0.25, -0.2) is 4.79 Å². The fraction of sp³-hybridized carbons (Fsp3) is 0.0800. The lowest BCUT2D eigenvalue weighted by molar-refractivity contribution is 0.0696. The minimum atomic E-state index is -1.03. The topological polar surface area (TPSA) is 88.5 Å². The van der Waals surface area contributed by atoms with Crippen LogP contribution in [0.1, 0.15) is 27.6 Å². The molecule has 4 aromatic rings. The number of nitrogens with zero attached hydrogens (tertiary/aromatic N) is 1. The van der Waals surface area contributed by atoms with Crippen LogP contribution in [0.15, 0.2) is 79.0 Å². The summed E-state index contributed by atoms with van der Waals surface area (Å²) in [5.74, 6) is -0.494. The number of carbonyl (C=O) groups excluding carboxylic acids is 1. The Morgan fingerprint density at radius 1 is 1.00 bits per heavy atom. The molecule has 0 unspecified atom stereocenters. The van der Waals surface area contributed by atoms with Crippen molar-refractivity contribution >= 4 is 28.5 Å². The van der Waals surface area contributed by atoms with E-state index < -0.39 is 5.97 Å². The first-order valence-electron chi connectivity index (χ1n) is 9.82. The van der Waals surface area contributed by atoms with Crippen LogP contribution >= 0.6 is 0 Å². The Bertz CT molecular complexity index is 1270. The van der Waals surface area contributed by atoms with Gasteiger partial charge < -0.3 is 15.2 Å². The molecule has 0 radical (unpaired) electrons. The molecule has 0 fully saturated rings. The molecule has 0 aliphatic rings. The van der Waals surface area contributed by atoms with E-state index >= 15 is 0 Å². The van der Waals surface area contributed by atoms with E-state index in [-0.39, 0.29) is 11.5 Å². The minimum absolute atomic E-state index is 0.119. The number of hydrogen-bond donors (Lipinski definition) is 2. The van der Waals surface area contributed by atoms with E-state index in [9.17, 15) is 9.59 Å². The largest absolute Gasteiger partial charge is 0.494 e. The average Bonchev–Trinajstić information content (AvgIpc) is 2.79. The molecule has 0 atom stereocenters. The van der Waals surface area contributed by atoms with Crippen molar-refractivity contribution in [2.75, 3.05) is 11.9 Å². The van der Waals surface area contributed by atoms with Crippen molar-refractivity contribution in [3.8, 4) is 16.9 Å². The van der Waals surface area contributed by atoms with Crippen molar-refractivity contribution in [2.45, 2.75) is 6.92 Å². The summed E-state index contributed by atoms with van der Waals surface area (Å²) < 4.78 is 5.49. The van der Waals surface area contributed by atoms with Crippen LogP contribution in [0.3, 0.4) is 0 Å². The van der Waals surface area contributed by atoms with Gasteiger partial charge in [0.15, 0.2) is 0 Å². The average molecular weight is 412 g/mol. The molecule has 0 aliphatic carbocycles. The molecule has 0 saturated heterocycles. The molecule has 154 valence electrons. The molecule has 3 aromatic carbocycles. The second-order valence-corrected chi connectivity index (χ2v) is 6.89. The Morgan fingerprint density at radius 2 is 1.77 bits per heavy atom. The zero-order valence-corrected chi connectivity index (χ0v) is 16.8. The molecule has 6 nitrogen and oxygen atoms in total. The lowest BCUT2D eigenvalue weighted by Gasteiger charge is -2.12. The molecule has 0 saturated carbocycles. The molecule has 2 N–H and O–H groups in total. The highest BCUT2D eigenvalue weighted by Gasteiger charge is 2.13. The molecule has 4 rings (SSSR count). The molecular weight excluding hydrogens is 392 g/mol. The summed E-state index contributed by atoms with van der Waals surface area (Å²) in [7, 11) is 0. The van der Waals surface area contributed by atoms with Gasteiger partial charge in [-0.1, -0.05) is 36.4 Å². The summed E-state index contributed by atoms with van der Waals surface area (Å²) in [6, 6.07) is 21.8. The Morgan fingerprint density at radius 3 is 2.52 bits per heavy atom. The van der Waals surface area contributed by atoms with Gasteiger partial charge in [-0.3, -0.25) is 9.78 Å². The van der Waals surface area contributed by atoms with Crippen LogP contribution in [-0.4, -0.2) is 28.6 Å². The first-order valence-corrected chi connectivity index (χ1v) is 9.82. The number of rotatable bonds is 6. The molecule has 0 aliphatic heterocycles. The highest BCUT2D eigenvalue weighted by Crippen LogP contribution is 2.27. The summed E-state index contributed by atoms with van der Waals surface area (Å²) in [4.78, 5) is 28.3. The lowest BCUT2D eigenvalue weighted by Crippen LogP contribution is -2.13. The Hall–Kier alpha value is -4.19. The summed E-state index contributed by atoms with van der Waals surface area (Å²) in [6.45, 7) is 2.53. The molecule has 1 aromatic heterocycles. The quantitative estimate of drug-likeness (QED) is 0.451. The number of pyridine rings is 1. The van der Waals surface area contributed by atoms with E-state index in [1.165, 1.54) is 6.20 Å². The van der Waals surface area contributed by atoms with Crippen LogP contribution < -0.4 is 10.1 Å². The van der Waals surface area contributed by atoms with Gasteiger partial charge in [-0.05, 0) is 54.4 Å². The van der Waals surface area contributed by atoms with Crippen LogP contribution in [-0.2, 0) is 0 Å². The molecule has 1 heterocycles. The number of benzene rings is 3. The van der Waals surface area contributed by atoms with Gasteiger partial charge in [0, 0.05) is 22.8 Å². The fourth-order valence-electron chi connectivity index (χ4n) is 3.34. The molecule has 1 amide bonds. The number of fused-ring (bicyclic) bond motifs is 1. The first-order chi connectivity index (χ1) is 15.0. The number of carbonyl (C=O) groups is 2. The number of aromatic carboxylic acids is 1. The number of hydrogen-bond acceptors (Lipinski definition) is 4. The van der Waals surface area contributed by atoms with Crippen molar-refractivity contribution in [2.24, 2.45) is 0 Å². The van der Waals surface area contributed by atoms with Gasteiger partial charge in [0.1, 0.15) is 5.75 Å². The zero-order valence-electron chi connectivity index (χ0n) is 16.8. The third-order valence-electron chi connectivity index (χ3n) is 4.84. The second kappa shape index (κ2) is 8.67. The van der Waals surface area contributed by atoms with E-state index in [0.29, 0.717) is 28.8 Å². The third kappa shape index (κ3) is 4.38.